The van der Waals surface area contributed by atoms with Gasteiger partial charge < -0.3 is 10.5 Å². The summed E-state index contributed by atoms with van der Waals surface area (Å²) in [6.45, 7) is 2.45. The molecule has 0 aliphatic carbocycles. The van der Waals surface area contributed by atoms with Gasteiger partial charge in [-0.2, -0.15) is 0 Å². The van der Waals surface area contributed by atoms with Gasteiger partial charge in [-0.15, -0.1) is 12.4 Å². The summed E-state index contributed by atoms with van der Waals surface area (Å²) in [6.07, 6.45) is 1.68. The van der Waals surface area contributed by atoms with Crippen molar-refractivity contribution in [2.45, 2.75) is 13.5 Å². The molecular weight excluding hydrogens is 176 g/mol. The van der Waals surface area contributed by atoms with Crippen molar-refractivity contribution in [2.24, 2.45) is 5.73 Å². The summed E-state index contributed by atoms with van der Waals surface area (Å²) >= 11 is 0. The Morgan fingerprint density at radius 2 is 2.25 bits per heavy atom. The molecule has 0 saturated heterocycles. The Bertz CT molecular complexity index is 253. The molecule has 0 amide bonds. The second kappa shape index (κ2) is 4.95. The van der Waals surface area contributed by atoms with Gasteiger partial charge in [0, 0.05) is 6.54 Å². The molecule has 3 nitrogen and oxygen atoms in total. The molecule has 68 valence electrons. The monoisotopic (exact) mass is 188 g/mol. The molecule has 0 aliphatic rings. The minimum absolute atomic E-state index is 0. The number of hydrogen-bond donors (Lipinski definition) is 1. The molecule has 4 heteroatoms. The van der Waals surface area contributed by atoms with Crippen molar-refractivity contribution in [3.63, 3.8) is 0 Å². The van der Waals surface area contributed by atoms with E-state index in [0.29, 0.717) is 6.54 Å². The molecule has 0 atom stereocenters. The van der Waals surface area contributed by atoms with Gasteiger partial charge in [-0.25, -0.2) is 0 Å². The number of aromatic nitrogens is 1. The first kappa shape index (κ1) is 11.2. The van der Waals surface area contributed by atoms with Crippen molar-refractivity contribution < 1.29 is 4.74 Å². The summed E-state index contributed by atoms with van der Waals surface area (Å²) in [5.41, 5.74) is 7.44. The normalized spacial score (nSPS) is 8.92. The third kappa shape index (κ3) is 2.36. The van der Waals surface area contributed by atoms with Gasteiger partial charge in [-0.1, -0.05) is 0 Å². The van der Waals surface area contributed by atoms with Crippen molar-refractivity contribution in [1.29, 1.82) is 0 Å². The van der Waals surface area contributed by atoms with Crippen molar-refractivity contribution in [2.75, 3.05) is 7.11 Å². The summed E-state index contributed by atoms with van der Waals surface area (Å²) < 4.78 is 4.99. The fourth-order valence-corrected chi connectivity index (χ4v) is 0.903. The van der Waals surface area contributed by atoms with E-state index in [2.05, 4.69) is 4.98 Å². The highest BCUT2D eigenvalue weighted by Crippen LogP contribution is 2.12. The number of halogens is 1. The van der Waals surface area contributed by atoms with Crippen LogP contribution in [-0.2, 0) is 6.54 Å². The van der Waals surface area contributed by atoms with E-state index in [0.717, 1.165) is 17.0 Å². The molecule has 12 heavy (non-hydrogen) atoms. The minimum Gasteiger partial charge on any atom is -0.495 e. The van der Waals surface area contributed by atoms with E-state index in [4.69, 9.17) is 10.5 Å². The lowest BCUT2D eigenvalue weighted by Crippen LogP contribution is -2.02. The Labute approximate surface area is 78.4 Å². The van der Waals surface area contributed by atoms with Crippen LogP contribution in [0, 0.1) is 6.92 Å². The largest absolute Gasteiger partial charge is 0.495 e. The summed E-state index contributed by atoms with van der Waals surface area (Å²) in [4.78, 5) is 4.12. The summed E-state index contributed by atoms with van der Waals surface area (Å²) in [5.74, 6) is 0.778. The van der Waals surface area contributed by atoms with Gasteiger partial charge in [0.2, 0.25) is 0 Å². The smallest absolute Gasteiger partial charge is 0.137 e. The lowest BCUT2D eigenvalue weighted by Gasteiger charge is -2.03. The fraction of sp³-hybridized carbons (Fsp3) is 0.375. The van der Waals surface area contributed by atoms with E-state index in [1.54, 1.807) is 13.3 Å². The fourth-order valence-electron chi connectivity index (χ4n) is 0.903. The predicted molar refractivity (Wildman–Crippen MR) is 50.7 cm³/mol. The number of aryl methyl sites for hydroxylation is 1. The second-order valence-electron chi connectivity index (χ2n) is 2.34. The van der Waals surface area contributed by atoms with Crippen LogP contribution in [0.15, 0.2) is 12.3 Å². The van der Waals surface area contributed by atoms with Crippen molar-refractivity contribution >= 4 is 12.4 Å². The van der Waals surface area contributed by atoms with Crippen LogP contribution in [0.1, 0.15) is 11.3 Å². The maximum Gasteiger partial charge on any atom is 0.137 e. The molecule has 2 N–H and O–H groups in total. The molecule has 0 spiro atoms. The number of nitrogens with zero attached hydrogens (tertiary/aromatic N) is 1. The average Bonchev–Trinajstić information content (AvgIpc) is 2.04. The van der Waals surface area contributed by atoms with E-state index >= 15 is 0 Å². The van der Waals surface area contributed by atoms with Gasteiger partial charge in [0.05, 0.1) is 19.0 Å². The van der Waals surface area contributed by atoms with E-state index < -0.39 is 0 Å². The van der Waals surface area contributed by atoms with Gasteiger partial charge in [-0.3, -0.25) is 4.98 Å². The summed E-state index contributed by atoms with van der Waals surface area (Å²) in [7, 11) is 1.62. The molecule has 1 rings (SSSR count). The first-order valence-corrected chi connectivity index (χ1v) is 3.47. The topological polar surface area (TPSA) is 48.1 Å². The zero-order valence-electron chi connectivity index (χ0n) is 7.20. The molecule has 0 saturated carbocycles. The van der Waals surface area contributed by atoms with Crippen molar-refractivity contribution in [3.8, 4) is 5.75 Å². The third-order valence-corrected chi connectivity index (χ3v) is 1.59. The molecule has 1 aromatic rings. The van der Waals surface area contributed by atoms with Crippen LogP contribution in [0.2, 0.25) is 0 Å². The number of methoxy groups -OCH3 is 1. The van der Waals surface area contributed by atoms with Crippen LogP contribution in [0.4, 0.5) is 0 Å². The van der Waals surface area contributed by atoms with Gasteiger partial charge in [0.25, 0.3) is 0 Å². The van der Waals surface area contributed by atoms with E-state index in [1.807, 2.05) is 13.0 Å². The Hall–Kier alpha value is -0.800. The van der Waals surface area contributed by atoms with Crippen molar-refractivity contribution in [3.05, 3.63) is 23.5 Å². The molecule has 0 fully saturated rings. The Morgan fingerprint density at radius 3 is 2.67 bits per heavy atom. The van der Waals surface area contributed by atoms with Crippen LogP contribution >= 0.6 is 12.4 Å². The standard InChI is InChI=1S/C8H12N2O.ClH/c1-6-3-7(11-2)5-10-8(6)4-9;/h3,5H,4,9H2,1-2H3;1H. The molecule has 1 heterocycles. The van der Waals surface area contributed by atoms with Crippen LogP contribution in [0.5, 0.6) is 5.75 Å². The van der Waals surface area contributed by atoms with Crippen LogP contribution in [0.25, 0.3) is 0 Å². The molecule has 0 bridgehead atoms. The number of pyridine rings is 1. The molecule has 0 aromatic carbocycles. The molecule has 0 unspecified atom stereocenters. The SMILES string of the molecule is COc1cnc(CN)c(C)c1.Cl. The van der Waals surface area contributed by atoms with Gasteiger partial charge in [0.1, 0.15) is 5.75 Å². The van der Waals surface area contributed by atoms with E-state index in [1.165, 1.54) is 0 Å². The Balaban J connectivity index is 0.00000121. The molecule has 1 aromatic heterocycles. The van der Waals surface area contributed by atoms with Crippen LogP contribution < -0.4 is 10.5 Å². The zero-order chi connectivity index (χ0) is 8.27. The number of nitrogens with two attached hydrogens (primary N) is 1. The summed E-state index contributed by atoms with van der Waals surface area (Å²) in [6, 6.07) is 1.93. The van der Waals surface area contributed by atoms with Crippen LogP contribution in [-0.4, -0.2) is 12.1 Å². The van der Waals surface area contributed by atoms with Crippen LogP contribution in [0.3, 0.4) is 0 Å². The summed E-state index contributed by atoms with van der Waals surface area (Å²) in [5, 5.41) is 0. The first-order chi connectivity index (χ1) is 5.27. The average molecular weight is 189 g/mol. The Morgan fingerprint density at radius 1 is 1.58 bits per heavy atom. The lowest BCUT2D eigenvalue weighted by atomic mass is 10.2. The van der Waals surface area contributed by atoms with E-state index in [9.17, 15) is 0 Å². The first-order valence-electron chi connectivity index (χ1n) is 3.47. The number of hydrogen-bond acceptors (Lipinski definition) is 3. The van der Waals surface area contributed by atoms with Crippen molar-refractivity contribution in [1.82, 2.24) is 4.98 Å². The number of ether oxygens (including phenoxy) is 1. The Kier molecular flexibility index (Phi) is 4.62. The highest BCUT2D eigenvalue weighted by molar-refractivity contribution is 5.85. The lowest BCUT2D eigenvalue weighted by molar-refractivity contribution is 0.412. The third-order valence-electron chi connectivity index (χ3n) is 1.59. The highest BCUT2D eigenvalue weighted by Gasteiger charge is 1.98. The van der Waals surface area contributed by atoms with Gasteiger partial charge in [0.15, 0.2) is 0 Å². The predicted octanol–water partition coefficient (Wildman–Crippen LogP) is 1.28. The molecule has 0 aliphatic heterocycles. The van der Waals surface area contributed by atoms with Gasteiger partial charge >= 0.3 is 0 Å². The zero-order valence-corrected chi connectivity index (χ0v) is 8.02. The number of rotatable bonds is 2. The minimum atomic E-state index is 0. The highest BCUT2D eigenvalue weighted by atomic mass is 35.5. The van der Waals surface area contributed by atoms with Gasteiger partial charge in [-0.05, 0) is 18.6 Å². The molecular formula is C8H13ClN2O. The maximum absolute atomic E-state index is 5.44. The quantitative estimate of drug-likeness (QED) is 0.761. The maximum atomic E-state index is 5.44. The second-order valence-corrected chi connectivity index (χ2v) is 2.34. The molecule has 0 radical (unpaired) electrons. The van der Waals surface area contributed by atoms with E-state index in [-0.39, 0.29) is 12.4 Å².